The molecule has 0 fully saturated rings. The van der Waals surface area contributed by atoms with Gasteiger partial charge in [0.15, 0.2) is 0 Å². The minimum atomic E-state index is -0.296. The van der Waals surface area contributed by atoms with Crippen LogP contribution in [0.1, 0.15) is 5.56 Å². The van der Waals surface area contributed by atoms with Crippen LogP contribution in [0.2, 0.25) is 0 Å². The molecule has 1 N–H and O–H groups in total. The van der Waals surface area contributed by atoms with Crippen LogP contribution in [0.4, 0.5) is 4.39 Å². The lowest BCUT2D eigenvalue weighted by Gasteiger charge is -2.23. The van der Waals surface area contributed by atoms with Crippen molar-refractivity contribution in [2.24, 2.45) is 5.92 Å². The Hall–Kier alpha value is -1.23. The van der Waals surface area contributed by atoms with E-state index in [1.165, 1.54) is 12.1 Å². The minimum absolute atomic E-state index is 0.0649. The van der Waals surface area contributed by atoms with Crippen LogP contribution in [0.15, 0.2) is 18.2 Å². The summed E-state index contributed by atoms with van der Waals surface area (Å²) in [4.78, 5) is 11.4. The first-order chi connectivity index (χ1) is 8.20. The van der Waals surface area contributed by atoms with Crippen molar-refractivity contribution in [1.29, 1.82) is 0 Å². The normalized spacial score (nSPS) is 17.1. The smallest absolute Gasteiger partial charge is 0.226 e. The van der Waals surface area contributed by atoms with Gasteiger partial charge in [-0.25, -0.2) is 4.39 Å². The van der Waals surface area contributed by atoms with Crippen molar-refractivity contribution in [3.05, 3.63) is 29.6 Å². The van der Waals surface area contributed by atoms with Crippen LogP contribution < -0.4 is 10.1 Å². The summed E-state index contributed by atoms with van der Waals surface area (Å²) in [5, 5.41) is 2.57. The van der Waals surface area contributed by atoms with Crippen LogP contribution in [-0.2, 0) is 11.2 Å². The second-order valence-electron chi connectivity index (χ2n) is 3.58. The van der Waals surface area contributed by atoms with Crippen molar-refractivity contribution in [2.75, 3.05) is 19.9 Å². The van der Waals surface area contributed by atoms with Gasteiger partial charge in [-0.3, -0.25) is 4.79 Å². The van der Waals surface area contributed by atoms with E-state index in [1.807, 2.05) is 0 Å². The van der Waals surface area contributed by atoms with Gasteiger partial charge in [0.05, 0.1) is 5.92 Å². The SMILES string of the molecule is CNC(=O)C1COc2ccc(F)cc2C1.CS. The number of thiol groups is 1. The van der Waals surface area contributed by atoms with E-state index >= 15 is 0 Å². The fraction of sp³-hybridized carbons (Fsp3) is 0.417. The number of rotatable bonds is 1. The zero-order chi connectivity index (χ0) is 12.8. The predicted molar refractivity (Wildman–Crippen MR) is 68.1 cm³/mol. The number of hydrogen-bond acceptors (Lipinski definition) is 3. The molecule has 1 unspecified atom stereocenters. The Morgan fingerprint density at radius 2 is 2.24 bits per heavy atom. The second-order valence-corrected chi connectivity index (χ2v) is 3.58. The number of benzene rings is 1. The van der Waals surface area contributed by atoms with Crippen molar-refractivity contribution in [1.82, 2.24) is 5.32 Å². The van der Waals surface area contributed by atoms with E-state index < -0.39 is 0 Å². The molecule has 0 saturated carbocycles. The van der Waals surface area contributed by atoms with E-state index in [9.17, 15) is 9.18 Å². The maximum absolute atomic E-state index is 12.9. The Balaban J connectivity index is 0.000000686. The summed E-state index contributed by atoms with van der Waals surface area (Å²) in [5.41, 5.74) is 0.759. The molecule has 0 aliphatic carbocycles. The van der Waals surface area contributed by atoms with Gasteiger partial charge in [0, 0.05) is 7.05 Å². The summed E-state index contributed by atoms with van der Waals surface area (Å²) >= 11 is 3.53. The number of fused-ring (bicyclic) bond motifs is 1. The van der Waals surface area contributed by atoms with E-state index in [0.717, 1.165) is 5.56 Å². The Bertz CT molecular complexity index is 398. The average Bonchev–Trinajstić information content (AvgIpc) is 2.39. The Morgan fingerprint density at radius 3 is 2.88 bits per heavy atom. The summed E-state index contributed by atoms with van der Waals surface area (Å²) in [6.07, 6.45) is 2.23. The van der Waals surface area contributed by atoms with Gasteiger partial charge < -0.3 is 10.1 Å². The van der Waals surface area contributed by atoms with Gasteiger partial charge in [-0.1, -0.05) is 0 Å². The van der Waals surface area contributed by atoms with Crippen LogP contribution in [0.25, 0.3) is 0 Å². The first-order valence-electron chi connectivity index (χ1n) is 5.28. The molecule has 0 radical (unpaired) electrons. The zero-order valence-electron chi connectivity index (χ0n) is 9.87. The van der Waals surface area contributed by atoms with E-state index in [2.05, 4.69) is 17.9 Å². The largest absolute Gasteiger partial charge is 0.492 e. The molecule has 0 aromatic heterocycles. The number of amides is 1. The number of ether oxygens (including phenoxy) is 1. The molecule has 0 bridgehead atoms. The molecular weight excluding hydrogens is 241 g/mol. The van der Waals surface area contributed by atoms with Crippen LogP contribution in [-0.4, -0.2) is 25.8 Å². The van der Waals surface area contributed by atoms with Crippen LogP contribution >= 0.6 is 12.6 Å². The Labute approximate surface area is 106 Å². The number of carbonyl (C=O) groups is 1. The van der Waals surface area contributed by atoms with Crippen LogP contribution in [0.5, 0.6) is 5.75 Å². The molecule has 1 heterocycles. The van der Waals surface area contributed by atoms with Gasteiger partial charge in [-0.05, 0) is 36.4 Å². The molecule has 2 rings (SSSR count). The molecular formula is C12H16FNO2S. The number of carbonyl (C=O) groups excluding carboxylic acids is 1. The first-order valence-corrected chi connectivity index (χ1v) is 6.17. The van der Waals surface area contributed by atoms with Gasteiger partial charge in [-0.2, -0.15) is 12.6 Å². The molecule has 5 heteroatoms. The molecule has 3 nitrogen and oxygen atoms in total. The average molecular weight is 257 g/mol. The molecule has 1 atom stereocenters. The van der Waals surface area contributed by atoms with Crippen molar-refractivity contribution in [3.63, 3.8) is 0 Å². The van der Waals surface area contributed by atoms with E-state index in [4.69, 9.17) is 4.74 Å². The van der Waals surface area contributed by atoms with Gasteiger partial charge in [0.1, 0.15) is 18.2 Å². The number of hydrogen-bond donors (Lipinski definition) is 2. The topological polar surface area (TPSA) is 38.3 Å². The van der Waals surface area contributed by atoms with E-state index in [0.29, 0.717) is 18.8 Å². The van der Waals surface area contributed by atoms with Gasteiger partial charge in [-0.15, -0.1) is 0 Å². The second kappa shape index (κ2) is 6.49. The minimum Gasteiger partial charge on any atom is -0.492 e. The zero-order valence-corrected chi connectivity index (χ0v) is 10.8. The van der Waals surface area contributed by atoms with Crippen molar-refractivity contribution in [3.8, 4) is 5.75 Å². The van der Waals surface area contributed by atoms with Crippen LogP contribution in [0.3, 0.4) is 0 Å². The maximum Gasteiger partial charge on any atom is 0.226 e. The van der Waals surface area contributed by atoms with Crippen molar-refractivity contribution < 1.29 is 13.9 Å². The maximum atomic E-state index is 12.9. The molecule has 1 aromatic carbocycles. The van der Waals surface area contributed by atoms with Crippen LogP contribution in [0, 0.1) is 11.7 Å². The summed E-state index contributed by atoms with van der Waals surface area (Å²) in [6.45, 7) is 0.359. The fourth-order valence-electron chi connectivity index (χ4n) is 1.74. The Morgan fingerprint density at radius 1 is 1.53 bits per heavy atom. The summed E-state index contributed by atoms with van der Waals surface area (Å²) < 4.78 is 18.3. The van der Waals surface area contributed by atoms with Gasteiger partial charge in [0.25, 0.3) is 0 Å². The quantitative estimate of drug-likeness (QED) is 0.751. The molecule has 1 aliphatic heterocycles. The summed E-state index contributed by atoms with van der Waals surface area (Å²) in [5.74, 6) is 0.0978. The Kier molecular flexibility index (Phi) is 5.28. The summed E-state index contributed by atoms with van der Waals surface area (Å²) in [7, 11) is 1.59. The lowest BCUT2D eigenvalue weighted by atomic mass is 9.96. The monoisotopic (exact) mass is 257 g/mol. The third kappa shape index (κ3) is 3.36. The highest BCUT2D eigenvalue weighted by Crippen LogP contribution is 2.27. The van der Waals surface area contributed by atoms with Crippen molar-refractivity contribution in [2.45, 2.75) is 6.42 Å². The molecule has 94 valence electrons. The lowest BCUT2D eigenvalue weighted by Crippen LogP contribution is -2.35. The van der Waals surface area contributed by atoms with E-state index in [-0.39, 0.29) is 17.6 Å². The first kappa shape index (κ1) is 13.8. The molecule has 1 amide bonds. The third-order valence-electron chi connectivity index (χ3n) is 2.55. The fourth-order valence-corrected chi connectivity index (χ4v) is 1.74. The summed E-state index contributed by atoms with van der Waals surface area (Å²) in [6, 6.07) is 4.38. The standard InChI is InChI=1S/C11H12FNO2.CH4S/c1-13-11(14)8-4-7-5-9(12)2-3-10(7)15-6-8;1-2/h2-3,5,8H,4,6H2,1H3,(H,13,14);2H,1H3. The molecule has 0 spiro atoms. The molecule has 1 aliphatic rings. The van der Waals surface area contributed by atoms with Crippen molar-refractivity contribution >= 4 is 18.5 Å². The highest BCUT2D eigenvalue weighted by molar-refractivity contribution is 7.79. The lowest BCUT2D eigenvalue weighted by molar-refractivity contribution is -0.125. The highest BCUT2D eigenvalue weighted by Gasteiger charge is 2.25. The van der Waals surface area contributed by atoms with E-state index in [1.54, 1.807) is 19.4 Å². The van der Waals surface area contributed by atoms with Gasteiger partial charge >= 0.3 is 0 Å². The molecule has 0 saturated heterocycles. The highest BCUT2D eigenvalue weighted by atomic mass is 32.1. The third-order valence-corrected chi connectivity index (χ3v) is 2.55. The number of halogens is 1. The van der Waals surface area contributed by atoms with Gasteiger partial charge in [0.2, 0.25) is 5.91 Å². The number of nitrogens with one attached hydrogen (secondary N) is 1. The predicted octanol–water partition coefficient (Wildman–Crippen LogP) is 1.67. The molecule has 1 aromatic rings. The molecule has 17 heavy (non-hydrogen) atoms.